The molecule has 1 unspecified atom stereocenters. The molecule has 0 bridgehead atoms. The second kappa shape index (κ2) is 10.5. The second-order valence-corrected chi connectivity index (χ2v) is 10.4. The van der Waals surface area contributed by atoms with Gasteiger partial charge in [0.25, 0.3) is 5.91 Å². The Bertz CT molecular complexity index is 1400. The third-order valence-electron chi connectivity index (χ3n) is 7.04. The summed E-state index contributed by atoms with van der Waals surface area (Å²) in [6.45, 7) is 4.93. The van der Waals surface area contributed by atoms with E-state index in [1.54, 1.807) is 18.1 Å². The monoisotopic (exact) mass is 562 g/mol. The molecule has 2 saturated heterocycles. The maximum atomic E-state index is 13.4. The second-order valence-electron chi connectivity index (χ2n) is 10.4. The van der Waals surface area contributed by atoms with E-state index in [0.717, 1.165) is 6.26 Å². The molecule has 1 atom stereocenters. The number of halogens is 3. The van der Waals surface area contributed by atoms with E-state index in [9.17, 15) is 22.8 Å². The average molecular weight is 563 g/mol. The molecule has 2 aliphatic rings. The Balaban J connectivity index is 1.29. The largest absolute Gasteiger partial charge is 0.444 e. The van der Waals surface area contributed by atoms with Gasteiger partial charge >= 0.3 is 6.18 Å². The first-order valence-corrected chi connectivity index (χ1v) is 12.6. The summed E-state index contributed by atoms with van der Waals surface area (Å²) in [6, 6.07) is 3.12. The van der Waals surface area contributed by atoms with Gasteiger partial charge in [0, 0.05) is 43.2 Å². The molecule has 0 saturated carbocycles. The minimum Gasteiger partial charge on any atom is -0.444 e. The number of anilines is 3. The summed E-state index contributed by atoms with van der Waals surface area (Å²) < 4.78 is 49.7. The van der Waals surface area contributed by atoms with Crippen LogP contribution in [0.1, 0.15) is 24.3 Å². The molecular formula is C25H29F3N8O4. The topological polar surface area (TPSA) is 139 Å². The van der Waals surface area contributed by atoms with E-state index in [1.165, 1.54) is 23.0 Å². The Morgan fingerprint density at radius 1 is 1.27 bits per heavy atom. The minimum atomic E-state index is -4.41. The highest BCUT2D eigenvalue weighted by atomic mass is 19.4. The van der Waals surface area contributed by atoms with Gasteiger partial charge in [0.1, 0.15) is 24.3 Å². The molecule has 40 heavy (non-hydrogen) atoms. The van der Waals surface area contributed by atoms with Crippen LogP contribution >= 0.6 is 0 Å². The van der Waals surface area contributed by atoms with Crippen LogP contribution in [0.2, 0.25) is 0 Å². The van der Waals surface area contributed by atoms with Gasteiger partial charge in [0.15, 0.2) is 11.5 Å². The Morgan fingerprint density at radius 3 is 2.75 bits per heavy atom. The maximum absolute atomic E-state index is 13.4. The van der Waals surface area contributed by atoms with Crippen molar-refractivity contribution < 1.29 is 31.9 Å². The standard InChI is InChI=1S/C25H29F3N8O4/c1-24(2)15(7-30-16-10-39-11-16)8-36(23(24)38)20-17(9-35(3)34-20)32-21(37)18-12-40-22(33-18)14-4-5-29-19(6-14)31-13-25(26,27)28/h4-6,9,12,15-16,30H,7-8,10-11,13H2,1-3H3,(H,29,31)(H,32,37). The Labute approximate surface area is 227 Å². The molecule has 0 spiro atoms. The van der Waals surface area contributed by atoms with Crippen LogP contribution in [0.4, 0.5) is 30.5 Å². The van der Waals surface area contributed by atoms with Crippen LogP contribution in [0.25, 0.3) is 11.5 Å². The molecule has 2 amide bonds. The summed E-state index contributed by atoms with van der Waals surface area (Å²) >= 11 is 0. The molecule has 12 nitrogen and oxygen atoms in total. The van der Waals surface area contributed by atoms with Crippen LogP contribution in [0.15, 0.2) is 35.2 Å². The Morgan fingerprint density at radius 2 is 2.05 bits per heavy atom. The number of amides is 2. The van der Waals surface area contributed by atoms with E-state index in [4.69, 9.17) is 9.15 Å². The summed E-state index contributed by atoms with van der Waals surface area (Å²) in [5.41, 5.74) is -0.0525. The number of hydrogen-bond donors (Lipinski definition) is 3. The molecule has 3 aromatic rings. The summed E-state index contributed by atoms with van der Waals surface area (Å²) in [5, 5.41) is 12.8. The number of alkyl halides is 3. The number of nitrogens with zero attached hydrogens (tertiary/aromatic N) is 5. The van der Waals surface area contributed by atoms with Gasteiger partial charge in [-0.3, -0.25) is 19.2 Å². The normalized spacial score (nSPS) is 19.1. The molecule has 2 aliphatic heterocycles. The maximum Gasteiger partial charge on any atom is 0.405 e. The first-order valence-electron chi connectivity index (χ1n) is 12.6. The molecule has 3 aromatic heterocycles. The highest BCUT2D eigenvalue weighted by Gasteiger charge is 2.49. The highest BCUT2D eigenvalue weighted by Crippen LogP contribution is 2.40. The van der Waals surface area contributed by atoms with Gasteiger partial charge < -0.3 is 25.1 Å². The number of aromatic nitrogens is 4. The number of hydrogen-bond acceptors (Lipinski definition) is 9. The zero-order valence-corrected chi connectivity index (χ0v) is 22.1. The third kappa shape index (κ3) is 5.79. The van der Waals surface area contributed by atoms with Gasteiger partial charge in [-0.1, -0.05) is 13.8 Å². The summed E-state index contributed by atoms with van der Waals surface area (Å²) in [4.78, 5) is 36.1. The first-order chi connectivity index (χ1) is 18.9. The molecule has 0 aromatic carbocycles. The van der Waals surface area contributed by atoms with E-state index in [0.29, 0.717) is 43.4 Å². The van der Waals surface area contributed by atoms with Gasteiger partial charge in [-0.05, 0) is 12.1 Å². The quantitative estimate of drug-likeness (QED) is 0.359. The fourth-order valence-corrected chi connectivity index (χ4v) is 4.53. The number of rotatable bonds is 9. The number of nitrogens with one attached hydrogen (secondary N) is 3. The molecular weight excluding hydrogens is 533 g/mol. The SMILES string of the molecule is Cn1cc(NC(=O)c2coc(-c3ccnc(NCC(F)(F)F)c3)n2)c(N2CC(CNC3COC3)C(C)(C)C2=O)n1. The summed E-state index contributed by atoms with van der Waals surface area (Å²) in [6.07, 6.45) is -0.375. The van der Waals surface area contributed by atoms with Crippen molar-refractivity contribution in [3.8, 4) is 11.5 Å². The van der Waals surface area contributed by atoms with E-state index in [1.807, 2.05) is 13.8 Å². The lowest BCUT2D eigenvalue weighted by Gasteiger charge is -2.30. The van der Waals surface area contributed by atoms with Gasteiger partial charge in [-0.2, -0.15) is 18.3 Å². The summed E-state index contributed by atoms with van der Waals surface area (Å²) in [5.74, 6) is -0.372. The molecule has 5 heterocycles. The zero-order valence-electron chi connectivity index (χ0n) is 22.1. The Kier molecular flexibility index (Phi) is 7.27. The highest BCUT2D eigenvalue weighted by molar-refractivity contribution is 6.07. The lowest BCUT2D eigenvalue weighted by Crippen LogP contribution is -2.49. The smallest absolute Gasteiger partial charge is 0.405 e. The van der Waals surface area contributed by atoms with E-state index >= 15 is 0 Å². The van der Waals surface area contributed by atoms with Crippen molar-refractivity contribution in [2.75, 3.05) is 48.4 Å². The van der Waals surface area contributed by atoms with Crippen LogP contribution in [-0.4, -0.2) is 76.6 Å². The van der Waals surface area contributed by atoms with Gasteiger partial charge in [-0.15, -0.1) is 0 Å². The number of pyridine rings is 1. The first kappa shape index (κ1) is 27.6. The fraction of sp³-hybridized carbons (Fsp3) is 0.480. The molecule has 15 heteroatoms. The lowest BCUT2D eigenvalue weighted by molar-refractivity contribution is -0.125. The summed E-state index contributed by atoms with van der Waals surface area (Å²) in [7, 11) is 1.68. The number of aryl methyl sites for hydroxylation is 1. The van der Waals surface area contributed by atoms with E-state index in [2.05, 4.69) is 31.0 Å². The molecule has 2 fully saturated rings. The van der Waals surface area contributed by atoms with Crippen LogP contribution < -0.4 is 20.9 Å². The lowest BCUT2D eigenvalue weighted by atomic mass is 9.81. The van der Waals surface area contributed by atoms with Crippen LogP contribution in [0.3, 0.4) is 0 Å². The van der Waals surface area contributed by atoms with Crippen molar-refractivity contribution >= 4 is 29.1 Å². The van der Waals surface area contributed by atoms with E-state index < -0.39 is 24.0 Å². The Hall–Kier alpha value is -3.98. The van der Waals surface area contributed by atoms with Crippen molar-refractivity contribution in [3.63, 3.8) is 0 Å². The third-order valence-corrected chi connectivity index (χ3v) is 7.04. The predicted octanol–water partition coefficient (Wildman–Crippen LogP) is 2.67. The predicted molar refractivity (Wildman–Crippen MR) is 138 cm³/mol. The van der Waals surface area contributed by atoms with Crippen molar-refractivity contribution in [3.05, 3.63) is 36.5 Å². The zero-order chi connectivity index (χ0) is 28.7. The minimum absolute atomic E-state index is 0.0140. The van der Waals surface area contributed by atoms with Crippen LogP contribution in [-0.2, 0) is 16.6 Å². The van der Waals surface area contributed by atoms with Crippen molar-refractivity contribution in [2.24, 2.45) is 18.4 Å². The van der Waals surface area contributed by atoms with Crippen LogP contribution in [0, 0.1) is 11.3 Å². The van der Waals surface area contributed by atoms with Gasteiger partial charge in [0.05, 0.1) is 25.5 Å². The molecule has 3 N–H and O–H groups in total. The van der Waals surface area contributed by atoms with E-state index in [-0.39, 0.29) is 35.3 Å². The molecule has 214 valence electrons. The molecule has 5 rings (SSSR count). The fourth-order valence-electron chi connectivity index (χ4n) is 4.53. The number of carbonyl (C=O) groups is 2. The number of oxazole rings is 1. The van der Waals surface area contributed by atoms with Gasteiger partial charge in [-0.25, -0.2) is 9.97 Å². The number of carbonyl (C=O) groups excluding carboxylic acids is 2. The van der Waals surface area contributed by atoms with Crippen molar-refractivity contribution in [1.29, 1.82) is 0 Å². The van der Waals surface area contributed by atoms with Crippen LogP contribution in [0.5, 0.6) is 0 Å². The molecule has 0 aliphatic carbocycles. The van der Waals surface area contributed by atoms with Crippen molar-refractivity contribution in [1.82, 2.24) is 25.1 Å². The van der Waals surface area contributed by atoms with Gasteiger partial charge in [0.2, 0.25) is 11.8 Å². The number of ether oxygens (including phenoxy) is 1. The van der Waals surface area contributed by atoms with Crippen molar-refractivity contribution in [2.45, 2.75) is 26.1 Å². The molecule has 0 radical (unpaired) electrons. The average Bonchev–Trinajstić information content (AvgIpc) is 3.55.